The van der Waals surface area contributed by atoms with Crippen LogP contribution >= 0.6 is 11.6 Å². The summed E-state index contributed by atoms with van der Waals surface area (Å²) in [6, 6.07) is 14.4. The second-order valence-corrected chi connectivity index (χ2v) is 6.74. The zero-order valence-electron chi connectivity index (χ0n) is 16.2. The molecule has 0 aliphatic rings. The predicted octanol–water partition coefficient (Wildman–Crippen LogP) is 3.48. The van der Waals surface area contributed by atoms with Gasteiger partial charge in [-0.25, -0.2) is 4.98 Å². The van der Waals surface area contributed by atoms with Crippen LogP contribution in [0.3, 0.4) is 0 Å². The van der Waals surface area contributed by atoms with E-state index >= 15 is 0 Å². The number of hydrogen-bond acceptors (Lipinski definition) is 4. The lowest BCUT2D eigenvalue weighted by atomic mass is 10.2. The summed E-state index contributed by atoms with van der Waals surface area (Å²) in [4.78, 5) is 29.1. The molecule has 29 heavy (non-hydrogen) atoms. The quantitative estimate of drug-likeness (QED) is 0.525. The Morgan fingerprint density at radius 3 is 2.69 bits per heavy atom. The Labute approximate surface area is 174 Å². The van der Waals surface area contributed by atoms with Gasteiger partial charge in [0.05, 0.1) is 28.2 Å². The molecule has 0 radical (unpaired) electrons. The molecule has 152 valence electrons. The predicted molar refractivity (Wildman–Crippen MR) is 113 cm³/mol. The first-order chi connectivity index (χ1) is 14.1. The molecule has 0 fully saturated rings. The number of benzene rings is 2. The van der Waals surface area contributed by atoms with Crippen LogP contribution in [0.1, 0.15) is 23.7 Å². The lowest BCUT2D eigenvalue weighted by Gasteiger charge is -2.11. The van der Waals surface area contributed by atoms with E-state index in [0.29, 0.717) is 36.3 Å². The van der Waals surface area contributed by atoms with Crippen molar-refractivity contribution in [3.8, 4) is 0 Å². The largest absolute Gasteiger partial charge is 0.382 e. The fourth-order valence-electron chi connectivity index (χ4n) is 2.94. The molecule has 3 rings (SSSR count). The number of aryl methyl sites for hydroxylation is 1. The van der Waals surface area contributed by atoms with Gasteiger partial charge in [0.25, 0.3) is 5.91 Å². The highest BCUT2D eigenvalue weighted by Crippen LogP contribution is 2.20. The number of rotatable bonds is 9. The topological polar surface area (TPSA) is 85.2 Å². The third-order valence-corrected chi connectivity index (χ3v) is 4.64. The highest BCUT2D eigenvalue weighted by atomic mass is 35.5. The number of aromatic nitrogens is 2. The molecule has 1 aromatic heterocycles. The van der Waals surface area contributed by atoms with Crippen LogP contribution in [0.15, 0.2) is 48.5 Å². The van der Waals surface area contributed by atoms with Gasteiger partial charge >= 0.3 is 0 Å². The molecule has 0 aliphatic carbocycles. The Bertz CT molecular complexity index is 1000. The van der Waals surface area contributed by atoms with Crippen molar-refractivity contribution >= 4 is 40.4 Å². The maximum atomic E-state index is 12.4. The van der Waals surface area contributed by atoms with Gasteiger partial charge in [0, 0.05) is 19.8 Å². The summed E-state index contributed by atoms with van der Waals surface area (Å²) >= 11 is 6.02. The maximum Gasteiger partial charge on any atom is 0.253 e. The molecular weight excluding hydrogens is 392 g/mol. The van der Waals surface area contributed by atoms with E-state index in [9.17, 15) is 9.59 Å². The molecule has 0 unspecified atom stereocenters. The van der Waals surface area contributed by atoms with Gasteiger partial charge in [-0.3, -0.25) is 14.9 Å². The van der Waals surface area contributed by atoms with Crippen molar-refractivity contribution in [3.63, 3.8) is 0 Å². The van der Waals surface area contributed by atoms with Crippen LogP contribution in [0.2, 0.25) is 5.02 Å². The van der Waals surface area contributed by atoms with Crippen molar-refractivity contribution in [1.29, 1.82) is 0 Å². The Balaban J connectivity index is 1.66. The van der Waals surface area contributed by atoms with Gasteiger partial charge in [0.15, 0.2) is 0 Å². The summed E-state index contributed by atoms with van der Waals surface area (Å²) in [7, 11) is 0. The zero-order chi connectivity index (χ0) is 20.6. The number of para-hydroxylation sites is 2. The number of halogens is 1. The van der Waals surface area contributed by atoms with E-state index in [1.165, 1.54) is 0 Å². The summed E-state index contributed by atoms with van der Waals surface area (Å²) in [5.41, 5.74) is 2.05. The molecule has 0 spiro atoms. The fraction of sp³-hybridized carbons (Fsp3) is 0.286. The fourth-order valence-corrected chi connectivity index (χ4v) is 3.16. The van der Waals surface area contributed by atoms with Crippen LogP contribution in [-0.4, -0.2) is 41.1 Å². The van der Waals surface area contributed by atoms with Crippen LogP contribution in [0.5, 0.6) is 0 Å². The van der Waals surface area contributed by atoms with Crippen LogP contribution < -0.4 is 10.6 Å². The summed E-state index contributed by atoms with van der Waals surface area (Å²) in [5, 5.41) is 5.70. The number of fused-ring (bicyclic) bond motifs is 1. The first kappa shape index (κ1) is 20.8. The molecule has 0 bridgehead atoms. The first-order valence-corrected chi connectivity index (χ1v) is 9.83. The number of hydrogen-bond donors (Lipinski definition) is 2. The van der Waals surface area contributed by atoms with E-state index < -0.39 is 5.91 Å². The monoisotopic (exact) mass is 414 g/mol. The van der Waals surface area contributed by atoms with Crippen LogP contribution in [0.25, 0.3) is 11.0 Å². The number of carbonyl (C=O) groups excluding carboxylic acids is 2. The summed E-state index contributed by atoms with van der Waals surface area (Å²) in [6.07, 6.45) is 0.792. The van der Waals surface area contributed by atoms with E-state index in [2.05, 4.69) is 15.6 Å². The van der Waals surface area contributed by atoms with Gasteiger partial charge in [-0.15, -0.1) is 0 Å². The number of ether oxygens (including phenoxy) is 1. The van der Waals surface area contributed by atoms with E-state index in [0.717, 1.165) is 17.5 Å². The molecule has 3 aromatic rings. The maximum absolute atomic E-state index is 12.4. The molecule has 2 N–H and O–H groups in total. The molecule has 2 amide bonds. The molecule has 7 nitrogen and oxygen atoms in total. The van der Waals surface area contributed by atoms with E-state index in [4.69, 9.17) is 16.3 Å². The van der Waals surface area contributed by atoms with Crippen LogP contribution in [-0.2, 0) is 16.1 Å². The minimum absolute atomic E-state index is 0.188. The van der Waals surface area contributed by atoms with Crippen molar-refractivity contribution in [3.05, 3.63) is 59.1 Å². The van der Waals surface area contributed by atoms with Gasteiger partial charge < -0.3 is 14.6 Å². The molecule has 0 saturated carbocycles. The number of nitrogens with one attached hydrogen (secondary N) is 2. The highest BCUT2D eigenvalue weighted by molar-refractivity contribution is 6.33. The third kappa shape index (κ3) is 5.34. The summed E-state index contributed by atoms with van der Waals surface area (Å²) < 4.78 is 7.35. The second kappa shape index (κ2) is 10.0. The van der Waals surface area contributed by atoms with Crippen molar-refractivity contribution in [2.45, 2.75) is 19.9 Å². The Morgan fingerprint density at radius 1 is 1.14 bits per heavy atom. The smallest absolute Gasteiger partial charge is 0.253 e. The van der Waals surface area contributed by atoms with Crippen molar-refractivity contribution in [2.75, 3.05) is 25.1 Å². The van der Waals surface area contributed by atoms with Gasteiger partial charge in [0.1, 0.15) is 0 Å². The van der Waals surface area contributed by atoms with Crippen molar-refractivity contribution < 1.29 is 14.3 Å². The van der Waals surface area contributed by atoms with Gasteiger partial charge in [-0.1, -0.05) is 35.9 Å². The van der Waals surface area contributed by atoms with Gasteiger partial charge in [-0.05, 0) is 37.6 Å². The minimum atomic E-state index is -0.407. The molecule has 0 atom stereocenters. The van der Waals surface area contributed by atoms with E-state index in [1.54, 1.807) is 24.3 Å². The van der Waals surface area contributed by atoms with Crippen LogP contribution in [0, 0.1) is 0 Å². The van der Waals surface area contributed by atoms with E-state index in [1.807, 2.05) is 35.8 Å². The average molecular weight is 415 g/mol. The summed E-state index contributed by atoms with van der Waals surface area (Å²) in [6.45, 7) is 3.72. The molecule has 2 aromatic carbocycles. The highest BCUT2D eigenvalue weighted by Gasteiger charge is 2.15. The molecule has 0 saturated heterocycles. The SMILES string of the molecule is CCOCCCn1c(NC(=O)CNC(=O)c2ccccc2Cl)nc2ccccc21. The van der Waals surface area contributed by atoms with Crippen molar-refractivity contribution in [2.24, 2.45) is 0 Å². The molecule has 0 aliphatic heterocycles. The average Bonchev–Trinajstić information content (AvgIpc) is 3.07. The van der Waals surface area contributed by atoms with E-state index in [-0.39, 0.29) is 12.5 Å². The lowest BCUT2D eigenvalue weighted by Crippen LogP contribution is -2.33. The van der Waals surface area contributed by atoms with Crippen LogP contribution in [0.4, 0.5) is 5.95 Å². The third-order valence-electron chi connectivity index (χ3n) is 4.31. The number of carbonyl (C=O) groups is 2. The van der Waals surface area contributed by atoms with Gasteiger partial charge in [0.2, 0.25) is 11.9 Å². The molecule has 8 heteroatoms. The van der Waals surface area contributed by atoms with Gasteiger partial charge in [-0.2, -0.15) is 0 Å². The number of nitrogens with zero attached hydrogens (tertiary/aromatic N) is 2. The normalized spacial score (nSPS) is 10.8. The number of amides is 2. The number of anilines is 1. The Kier molecular flexibility index (Phi) is 7.21. The molecular formula is C21H23ClN4O3. The first-order valence-electron chi connectivity index (χ1n) is 9.45. The van der Waals surface area contributed by atoms with Crippen molar-refractivity contribution in [1.82, 2.24) is 14.9 Å². The second-order valence-electron chi connectivity index (χ2n) is 6.34. The zero-order valence-corrected chi connectivity index (χ0v) is 16.9. The summed E-state index contributed by atoms with van der Waals surface area (Å²) in [5.74, 6) is -0.331. The minimum Gasteiger partial charge on any atom is -0.382 e. The Hall–Kier alpha value is -2.90. The molecule has 1 heterocycles. The Morgan fingerprint density at radius 2 is 1.90 bits per heavy atom. The number of imidazole rings is 1. The lowest BCUT2D eigenvalue weighted by molar-refractivity contribution is -0.115. The standard InChI is InChI=1S/C21H23ClN4O3/c1-2-29-13-7-12-26-18-11-6-5-10-17(18)24-21(26)25-19(27)14-23-20(28)15-8-3-4-9-16(15)22/h3-6,8-11H,2,7,12-14H2,1H3,(H,23,28)(H,24,25,27).